The molecular weight excluding hydrogens is 306 g/mol. The van der Waals surface area contributed by atoms with E-state index in [0.717, 1.165) is 12.0 Å². The Balaban J connectivity index is 2.20. The monoisotopic (exact) mass is 337 g/mol. The second-order valence-corrected chi connectivity index (χ2v) is 8.46. The maximum atomic E-state index is 10.5. The zero-order valence-electron chi connectivity index (χ0n) is 15.2. The molecule has 0 aromatic carbocycles. The van der Waals surface area contributed by atoms with Crippen molar-refractivity contribution in [1.82, 2.24) is 4.98 Å². The molecule has 0 spiro atoms. The summed E-state index contributed by atoms with van der Waals surface area (Å²) in [7, 11) is 0.709. The number of hydrogen-bond acceptors (Lipinski definition) is 4. The van der Waals surface area contributed by atoms with Gasteiger partial charge in [-0.2, -0.15) is 0 Å². The fraction of sp³-hybridized carbons (Fsp3) is 0.722. The molecule has 5 heteroatoms. The van der Waals surface area contributed by atoms with Gasteiger partial charge >= 0.3 is 0 Å². The third kappa shape index (κ3) is 3.84. The van der Waals surface area contributed by atoms with Gasteiger partial charge in [-0.05, 0) is 36.3 Å². The normalized spacial score (nSPS) is 29.4. The molecule has 130 valence electrons. The van der Waals surface area contributed by atoms with Gasteiger partial charge in [0.15, 0.2) is 0 Å². The van der Waals surface area contributed by atoms with Gasteiger partial charge < -0.3 is 14.3 Å². The third-order valence-electron chi connectivity index (χ3n) is 5.66. The van der Waals surface area contributed by atoms with E-state index in [0.29, 0.717) is 17.1 Å². The zero-order valence-corrected chi connectivity index (χ0v) is 17.2. The van der Waals surface area contributed by atoms with Gasteiger partial charge in [0, 0.05) is 18.3 Å². The summed E-state index contributed by atoms with van der Waals surface area (Å²) in [5, 5.41) is 10.5. The van der Waals surface area contributed by atoms with Crippen molar-refractivity contribution in [3.05, 3.63) is 30.1 Å². The van der Waals surface area contributed by atoms with Crippen LogP contribution in [0.15, 0.2) is 24.5 Å². The van der Waals surface area contributed by atoms with Gasteiger partial charge in [-0.3, -0.25) is 4.98 Å². The summed E-state index contributed by atoms with van der Waals surface area (Å²) in [5.41, 5.74) is 0.905. The van der Waals surface area contributed by atoms with E-state index >= 15 is 0 Å². The summed E-state index contributed by atoms with van der Waals surface area (Å²) >= 11 is 0. The Morgan fingerprint density at radius 2 is 2.13 bits per heavy atom. The summed E-state index contributed by atoms with van der Waals surface area (Å²) in [6.07, 6.45) is 3.98. The van der Waals surface area contributed by atoms with Gasteiger partial charge in [0.1, 0.15) is 10.5 Å². The summed E-state index contributed by atoms with van der Waals surface area (Å²) in [6.45, 7) is 11.4. The van der Waals surface area contributed by atoms with Gasteiger partial charge in [-0.1, -0.05) is 33.8 Å². The van der Waals surface area contributed by atoms with E-state index in [2.05, 4.69) is 39.6 Å². The minimum absolute atomic E-state index is 0.0528. The topological polar surface area (TPSA) is 51.6 Å². The van der Waals surface area contributed by atoms with Crippen LogP contribution in [0.5, 0.6) is 0 Å². The van der Waals surface area contributed by atoms with Gasteiger partial charge in [0.2, 0.25) is 0 Å². The van der Waals surface area contributed by atoms with Crippen molar-refractivity contribution in [2.75, 3.05) is 6.61 Å². The number of hydrogen-bond donors (Lipinski definition) is 1. The van der Waals surface area contributed by atoms with Gasteiger partial charge in [0.05, 0.1) is 24.4 Å². The first kappa shape index (κ1) is 18.6. The van der Waals surface area contributed by atoms with Crippen LogP contribution in [0.4, 0.5) is 0 Å². The molecule has 0 aliphatic carbocycles. The molecule has 1 aliphatic heterocycles. The van der Waals surface area contributed by atoms with Gasteiger partial charge in [-0.15, -0.1) is 0 Å². The van der Waals surface area contributed by atoms with Crippen LogP contribution >= 0.6 is 0 Å². The van der Waals surface area contributed by atoms with Gasteiger partial charge in [0.25, 0.3) is 0 Å². The molecule has 1 saturated heterocycles. The molecule has 4 nitrogen and oxygen atoms in total. The van der Waals surface area contributed by atoms with Crippen LogP contribution < -0.4 is 0 Å². The average Bonchev–Trinajstić information content (AvgIpc) is 2.88. The minimum atomic E-state index is -0.437. The molecule has 1 aromatic heterocycles. The Bertz CT molecular complexity index is 505. The number of nitrogens with zero attached hydrogens (tertiary/aromatic N) is 1. The Labute approximate surface area is 143 Å². The average molecular weight is 338 g/mol. The largest absolute Gasteiger partial charge is 0.422 e. The van der Waals surface area contributed by atoms with E-state index in [1.807, 2.05) is 18.3 Å². The van der Waals surface area contributed by atoms with Crippen molar-refractivity contribution in [3.8, 4) is 0 Å². The number of aliphatic hydroxyl groups excluding tert-OH is 1. The maximum absolute atomic E-state index is 10.5. The molecule has 1 N–H and O–H groups in total. The zero-order chi connectivity index (χ0) is 17.3. The summed E-state index contributed by atoms with van der Waals surface area (Å²) in [6, 6.07) is 3.95. The highest BCUT2D eigenvalue weighted by Crippen LogP contribution is 2.45. The number of ether oxygens (including phenoxy) is 1. The fourth-order valence-corrected chi connectivity index (χ4v) is 4.39. The third-order valence-corrected chi connectivity index (χ3v) is 6.56. The first-order chi connectivity index (χ1) is 10.7. The number of rotatable bonds is 5. The molecule has 1 aliphatic rings. The van der Waals surface area contributed by atoms with E-state index < -0.39 is 6.10 Å². The van der Waals surface area contributed by atoms with E-state index in [4.69, 9.17) is 9.16 Å². The molecule has 2 rings (SSSR count). The molecule has 2 heterocycles. The van der Waals surface area contributed by atoms with Crippen LogP contribution in [0.25, 0.3) is 0 Å². The van der Waals surface area contributed by atoms with Crippen molar-refractivity contribution in [2.45, 2.75) is 58.8 Å². The molecular formula is C18H31NO3Si. The highest BCUT2D eigenvalue weighted by molar-refractivity contribution is 5.98. The first-order valence-electron chi connectivity index (χ1n) is 8.44. The van der Waals surface area contributed by atoms with E-state index in [1.165, 1.54) is 0 Å². The van der Waals surface area contributed by atoms with Crippen LogP contribution in [-0.4, -0.2) is 38.9 Å². The molecule has 0 amide bonds. The molecule has 0 bridgehead atoms. The number of pyridine rings is 1. The minimum Gasteiger partial charge on any atom is -0.422 e. The summed E-state index contributed by atoms with van der Waals surface area (Å²) < 4.78 is 11.9. The molecule has 1 fully saturated rings. The second-order valence-electron chi connectivity index (χ2n) is 8.05. The van der Waals surface area contributed by atoms with E-state index in [-0.39, 0.29) is 29.0 Å². The lowest BCUT2D eigenvalue weighted by molar-refractivity contribution is -0.0454. The number of aromatic nitrogens is 1. The van der Waals surface area contributed by atoms with Crippen molar-refractivity contribution in [2.24, 2.45) is 17.3 Å². The quantitative estimate of drug-likeness (QED) is 0.838. The molecule has 0 radical (unpaired) electrons. The van der Waals surface area contributed by atoms with Crippen LogP contribution in [0, 0.1) is 17.3 Å². The smallest absolute Gasteiger partial charge is 0.146 e. The molecule has 2 unspecified atom stereocenters. The second kappa shape index (κ2) is 7.01. The molecule has 1 aromatic rings. The highest BCUT2D eigenvalue weighted by atomic mass is 28.2. The Morgan fingerprint density at radius 1 is 1.43 bits per heavy atom. The highest BCUT2D eigenvalue weighted by Gasteiger charge is 2.45. The lowest BCUT2D eigenvalue weighted by Gasteiger charge is -2.44. The molecule has 0 saturated carbocycles. The predicted octanol–water partition coefficient (Wildman–Crippen LogP) is 2.26. The molecule has 23 heavy (non-hydrogen) atoms. The van der Waals surface area contributed by atoms with Crippen molar-refractivity contribution >= 4 is 10.5 Å². The Hall–Kier alpha value is -0.753. The fourth-order valence-electron chi connectivity index (χ4n) is 3.61. The van der Waals surface area contributed by atoms with Crippen LogP contribution in [0.1, 0.15) is 52.7 Å². The van der Waals surface area contributed by atoms with E-state index in [9.17, 15) is 5.11 Å². The number of aliphatic hydroxyl groups is 1. The Kier molecular flexibility index (Phi) is 5.66. The SMILES string of the molecule is CC(CC(C)(O[SiH3])C(C)(C)C)[C@@H]1[C@@H](c2cccnc2)OC[C@@H]1O. The van der Waals surface area contributed by atoms with Crippen LogP contribution in [0.2, 0.25) is 0 Å². The molecule has 5 atom stereocenters. The Morgan fingerprint density at radius 3 is 2.65 bits per heavy atom. The first-order valence-corrected chi connectivity index (χ1v) is 9.26. The predicted molar refractivity (Wildman–Crippen MR) is 95.1 cm³/mol. The van der Waals surface area contributed by atoms with Crippen LogP contribution in [-0.2, 0) is 9.16 Å². The van der Waals surface area contributed by atoms with E-state index in [1.54, 1.807) is 6.20 Å². The van der Waals surface area contributed by atoms with Crippen molar-refractivity contribution in [3.63, 3.8) is 0 Å². The van der Waals surface area contributed by atoms with Gasteiger partial charge in [-0.25, -0.2) is 0 Å². The standard InChI is InChI=1S/C18H31NO3Si/c1-12(9-18(5,22-23)17(2,3)4)15-14(20)11-21-16(15)13-7-6-8-19-10-13/h6-8,10,12,14-16,20H,9,11H2,1-5,23H3/t12?,14-,15-,16+,18?/m0/s1. The summed E-state index contributed by atoms with van der Waals surface area (Å²) in [5.74, 6) is 0.355. The maximum Gasteiger partial charge on any atom is 0.146 e. The lowest BCUT2D eigenvalue weighted by Crippen LogP contribution is -2.45. The lowest BCUT2D eigenvalue weighted by atomic mass is 9.69. The van der Waals surface area contributed by atoms with Crippen molar-refractivity contribution in [1.29, 1.82) is 0 Å². The van der Waals surface area contributed by atoms with Crippen molar-refractivity contribution < 1.29 is 14.3 Å². The summed E-state index contributed by atoms with van der Waals surface area (Å²) in [4.78, 5) is 4.20. The van der Waals surface area contributed by atoms with Crippen LogP contribution in [0.3, 0.4) is 0 Å².